The molecule has 1 aromatic heterocycles. The van der Waals surface area contributed by atoms with Crippen molar-refractivity contribution in [3.05, 3.63) is 88.5 Å². The number of amides is 2. The fourth-order valence-corrected chi connectivity index (χ4v) is 4.50. The molecule has 0 unspecified atom stereocenters. The molecule has 2 atom stereocenters. The minimum Gasteiger partial charge on any atom is -0.331 e. The van der Waals surface area contributed by atoms with Crippen molar-refractivity contribution in [2.45, 2.75) is 51.0 Å². The first-order valence-corrected chi connectivity index (χ1v) is 11.6. The number of carbonyl (C=O) groups excluding carboxylic acids is 1. The lowest BCUT2D eigenvalue weighted by atomic mass is 10.0. The maximum Gasteiger partial charge on any atom is 0.416 e. The zero-order chi connectivity index (χ0) is 24.3. The van der Waals surface area contributed by atoms with Gasteiger partial charge in [0.2, 0.25) is 0 Å². The molecule has 0 aliphatic carbocycles. The SMILES string of the molecule is CC[C@H](NC(=O)N1CCC[C@@H]1c1nccn1Cc1ccc(Cl)cc1)c1ccc(C(F)(F)F)cc1. The number of nitrogens with one attached hydrogen (secondary N) is 1. The number of hydrogen-bond donors (Lipinski definition) is 1. The molecular weight excluding hydrogens is 465 g/mol. The van der Waals surface area contributed by atoms with E-state index >= 15 is 0 Å². The first kappa shape index (κ1) is 24.1. The van der Waals surface area contributed by atoms with Gasteiger partial charge >= 0.3 is 12.2 Å². The highest BCUT2D eigenvalue weighted by Crippen LogP contribution is 2.33. The van der Waals surface area contributed by atoms with E-state index in [1.807, 2.05) is 42.0 Å². The summed E-state index contributed by atoms with van der Waals surface area (Å²) in [6, 6.07) is 11.8. The van der Waals surface area contributed by atoms with Gasteiger partial charge < -0.3 is 14.8 Å². The van der Waals surface area contributed by atoms with Gasteiger partial charge in [0.25, 0.3) is 0 Å². The van der Waals surface area contributed by atoms with E-state index in [1.165, 1.54) is 12.1 Å². The summed E-state index contributed by atoms with van der Waals surface area (Å²) < 4.78 is 40.7. The topological polar surface area (TPSA) is 50.2 Å². The van der Waals surface area contributed by atoms with Crippen LogP contribution in [0.1, 0.15) is 60.8 Å². The summed E-state index contributed by atoms with van der Waals surface area (Å²) >= 11 is 5.99. The van der Waals surface area contributed by atoms with Crippen molar-refractivity contribution in [3.8, 4) is 0 Å². The quantitative estimate of drug-likeness (QED) is 0.423. The molecule has 2 heterocycles. The number of carbonyl (C=O) groups is 1. The molecule has 1 saturated heterocycles. The third-order valence-electron chi connectivity index (χ3n) is 6.17. The molecule has 1 aliphatic rings. The Morgan fingerprint density at radius 1 is 1.18 bits per heavy atom. The van der Waals surface area contributed by atoms with Crippen molar-refractivity contribution >= 4 is 17.6 Å². The van der Waals surface area contributed by atoms with E-state index in [1.54, 1.807) is 11.1 Å². The van der Waals surface area contributed by atoms with Crippen LogP contribution in [0.15, 0.2) is 60.9 Å². The molecule has 2 amide bonds. The van der Waals surface area contributed by atoms with Crippen LogP contribution in [0.5, 0.6) is 0 Å². The molecule has 5 nitrogen and oxygen atoms in total. The van der Waals surface area contributed by atoms with Gasteiger partial charge in [-0.15, -0.1) is 0 Å². The number of aromatic nitrogens is 2. The van der Waals surface area contributed by atoms with Gasteiger partial charge in [0, 0.05) is 30.5 Å². The number of urea groups is 1. The molecular formula is C25H26ClF3N4O. The molecule has 2 aromatic carbocycles. The van der Waals surface area contributed by atoms with Crippen LogP contribution >= 0.6 is 11.6 Å². The van der Waals surface area contributed by atoms with E-state index in [9.17, 15) is 18.0 Å². The first-order valence-electron chi connectivity index (χ1n) is 11.3. The van der Waals surface area contributed by atoms with Gasteiger partial charge in [-0.3, -0.25) is 0 Å². The van der Waals surface area contributed by atoms with E-state index in [0.29, 0.717) is 30.1 Å². The summed E-state index contributed by atoms with van der Waals surface area (Å²) in [5, 5.41) is 3.68. The Kier molecular flexibility index (Phi) is 7.16. The van der Waals surface area contributed by atoms with E-state index in [0.717, 1.165) is 36.4 Å². The van der Waals surface area contributed by atoms with Gasteiger partial charge in [-0.25, -0.2) is 9.78 Å². The van der Waals surface area contributed by atoms with Crippen LogP contribution in [-0.2, 0) is 12.7 Å². The number of alkyl halides is 3. The van der Waals surface area contributed by atoms with Crippen LogP contribution in [0.4, 0.5) is 18.0 Å². The summed E-state index contributed by atoms with van der Waals surface area (Å²) in [7, 11) is 0. The van der Waals surface area contributed by atoms with Crippen LogP contribution < -0.4 is 5.32 Å². The molecule has 0 bridgehead atoms. The fraction of sp³-hybridized carbons (Fsp3) is 0.360. The zero-order valence-electron chi connectivity index (χ0n) is 18.7. The molecule has 1 aliphatic heterocycles. The minimum atomic E-state index is -4.39. The molecule has 9 heteroatoms. The Bertz CT molecular complexity index is 1110. The lowest BCUT2D eigenvalue weighted by molar-refractivity contribution is -0.137. The van der Waals surface area contributed by atoms with Crippen LogP contribution in [0, 0.1) is 0 Å². The second-order valence-electron chi connectivity index (χ2n) is 8.42. The van der Waals surface area contributed by atoms with E-state index in [4.69, 9.17) is 11.6 Å². The van der Waals surface area contributed by atoms with Gasteiger partial charge in [0.05, 0.1) is 17.6 Å². The third-order valence-corrected chi connectivity index (χ3v) is 6.42. The van der Waals surface area contributed by atoms with Crippen LogP contribution in [0.25, 0.3) is 0 Å². The highest BCUT2D eigenvalue weighted by Gasteiger charge is 2.34. The highest BCUT2D eigenvalue weighted by molar-refractivity contribution is 6.30. The van der Waals surface area contributed by atoms with Crippen molar-refractivity contribution in [1.82, 2.24) is 19.8 Å². The van der Waals surface area contributed by atoms with Gasteiger partial charge in [0.1, 0.15) is 5.82 Å². The van der Waals surface area contributed by atoms with E-state index in [-0.39, 0.29) is 18.1 Å². The standard InChI is InChI=1S/C25H26ClF3N4O/c1-2-21(18-7-9-19(10-8-18)25(27,28)29)31-24(34)33-14-3-4-22(33)23-30-13-15-32(23)16-17-5-11-20(26)12-6-17/h5-13,15,21-22H,2-4,14,16H2,1H3,(H,31,34)/t21-,22+/m0/s1. The van der Waals surface area contributed by atoms with Crippen molar-refractivity contribution in [2.75, 3.05) is 6.54 Å². The predicted octanol–water partition coefficient (Wildman–Crippen LogP) is 6.60. The molecule has 1 N–H and O–H groups in total. The van der Waals surface area contributed by atoms with Crippen molar-refractivity contribution < 1.29 is 18.0 Å². The van der Waals surface area contributed by atoms with E-state index < -0.39 is 11.7 Å². The highest BCUT2D eigenvalue weighted by atomic mass is 35.5. The van der Waals surface area contributed by atoms with Crippen molar-refractivity contribution in [3.63, 3.8) is 0 Å². The molecule has 0 spiro atoms. The average Bonchev–Trinajstić information content (AvgIpc) is 3.47. The number of halogens is 4. The molecule has 1 fully saturated rings. The summed E-state index contributed by atoms with van der Waals surface area (Å²) in [4.78, 5) is 19.5. The van der Waals surface area contributed by atoms with Crippen LogP contribution in [0.3, 0.4) is 0 Å². The second-order valence-corrected chi connectivity index (χ2v) is 8.86. The number of benzene rings is 2. The van der Waals surface area contributed by atoms with Crippen molar-refractivity contribution in [2.24, 2.45) is 0 Å². The smallest absolute Gasteiger partial charge is 0.331 e. The monoisotopic (exact) mass is 490 g/mol. The van der Waals surface area contributed by atoms with Gasteiger partial charge in [-0.05, 0) is 54.7 Å². The number of nitrogens with zero attached hydrogens (tertiary/aromatic N) is 3. The molecule has 0 saturated carbocycles. The Hall–Kier alpha value is -3.00. The average molecular weight is 491 g/mol. The second kappa shape index (κ2) is 10.1. The molecule has 4 rings (SSSR count). The zero-order valence-corrected chi connectivity index (χ0v) is 19.5. The number of rotatable bonds is 6. The molecule has 0 radical (unpaired) electrons. The van der Waals surface area contributed by atoms with Gasteiger partial charge in [-0.1, -0.05) is 42.8 Å². The number of likely N-dealkylation sites (tertiary alicyclic amines) is 1. The Morgan fingerprint density at radius 3 is 2.53 bits per heavy atom. The number of hydrogen-bond acceptors (Lipinski definition) is 2. The lowest BCUT2D eigenvalue weighted by Crippen LogP contribution is -2.41. The predicted molar refractivity (Wildman–Crippen MR) is 124 cm³/mol. The lowest BCUT2D eigenvalue weighted by Gasteiger charge is -2.28. The minimum absolute atomic E-state index is 0.174. The van der Waals surface area contributed by atoms with Gasteiger partial charge in [0.15, 0.2) is 0 Å². The Morgan fingerprint density at radius 2 is 1.88 bits per heavy atom. The summed E-state index contributed by atoms with van der Waals surface area (Å²) in [5.74, 6) is 0.810. The summed E-state index contributed by atoms with van der Waals surface area (Å²) in [6.07, 6.45) is 1.44. The molecule has 180 valence electrons. The fourth-order valence-electron chi connectivity index (χ4n) is 4.37. The summed E-state index contributed by atoms with van der Waals surface area (Å²) in [5.41, 5.74) is 1.01. The van der Waals surface area contributed by atoms with E-state index in [2.05, 4.69) is 10.3 Å². The molecule has 34 heavy (non-hydrogen) atoms. The number of imidazole rings is 1. The van der Waals surface area contributed by atoms with Crippen LogP contribution in [-0.4, -0.2) is 27.0 Å². The van der Waals surface area contributed by atoms with Gasteiger partial charge in [-0.2, -0.15) is 13.2 Å². The Balaban J connectivity index is 1.47. The first-order chi connectivity index (χ1) is 16.3. The normalized spacial score (nSPS) is 17.1. The summed E-state index contributed by atoms with van der Waals surface area (Å²) in [6.45, 7) is 3.10. The maximum absolute atomic E-state index is 13.2. The van der Waals surface area contributed by atoms with Crippen LogP contribution in [0.2, 0.25) is 5.02 Å². The molecule has 3 aromatic rings. The third kappa shape index (κ3) is 5.38. The largest absolute Gasteiger partial charge is 0.416 e. The van der Waals surface area contributed by atoms with Crippen molar-refractivity contribution in [1.29, 1.82) is 0 Å². The Labute approximate surface area is 201 Å². The maximum atomic E-state index is 13.2.